The summed E-state index contributed by atoms with van der Waals surface area (Å²) in [5.74, 6) is 0. The molecule has 0 unspecified atom stereocenters. The van der Waals surface area contributed by atoms with E-state index in [4.69, 9.17) is 123 Å². The Morgan fingerprint density at radius 3 is 0.146 bits per heavy atom. The summed E-state index contributed by atoms with van der Waals surface area (Å²) in [4.78, 5) is 0. The van der Waals surface area contributed by atoms with E-state index in [1.54, 1.807) is 0 Å². The van der Waals surface area contributed by atoms with Gasteiger partial charge in [0.05, 0.1) is 0 Å². The Morgan fingerprint density at radius 1 is 0.146 bits per heavy atom. The van der Waals surface area contributed by atoms with Crippen LogP contribution in [0, 0.1) is 0 Å². The third-order valence-electron chi connectivity index (χ3n) is 0. The van der Waals surface area contributed by atoms with Crippen molar-refractivity contribution in [1.29, 1.82) is 0 Å². The van der Waals surface area contributed by atoms with Crippen LogP contribution < -0.4 is 0 Å². The number of rotatable bonds is 0. The van der Waals surface area contributed by atoms with Crippen LogP contribution in [-0.4, -0.2) is 507 Å². The fourth-order valence-electron chi connectivity index (χ4n) is 0. The molecule has 0 aromatic heterocycles. The monoisotopic (exact) mass is 998 g/mol. The Hall–Kier alpha value is 12.1. The fraction of sp³-hybridized carbons (Fsp3) is 0. The van der Waals surface area contributed by atoms with E-state index in [0.717, 1.165) is 0 Å². The average Bonchev–Trinajstić information content (AvgIpc) is 2.06. The second kappa shape index (κ2) is 68.2. The Balaban J connectivity index is -0.0000000101. The summed E-state index contributed by atoms with van der Waals surface area (Å²) >= 11 is 0. The minimum atomic E-state index is -4.67. The van der Waals surface area contributed by atoms with Crippen LogP contribution in [0.2, 0.25) is 0 Å². The molecule has 0 aromatic carbocycles. The molecule has 0 rings (SSSR count). The van der Waals surface area contributed by atoms with Gasteiger partial charge in [0, 0.05) is 0 Å². The molecule has 48 heavy (non-hydrogen) atoms. The van der Waals surface area contributed by atoms with E-state index in [0.29, 0.717) is 0 Å². The van der Waals surface area contributed by atoms with Crippen molar-refractivity contribution in [2.24, 2.45) is 0 Å². The van der Waals surface area contributed by atoms with Crippen molar-refractivity contribution in [2.75, 3.05) is 0 Å². The van der Waals surface area contributed by atoms with Gasteiger partial charge in [-0.3, -0.25) is 63.7 Å². The van der Waals surface area contributed by atoms with Gasteiger partial charge in [0.2, 0.25) is 0 Å². The molecular weight excluding hydrogens is 971 g/mol. The second-order valence-corrected chi connectivity index (χ2v) is 9.40. The Morgan fingerprint density at radius 2 is 0.146 bits per heavy atom. The van der Waals surface area contributed by atoms with Gasteiger partial charge < -0.3 is 0 Å². The van der Waals surface area contributed by atoms with Gasteiger partial charge in [-0.1, -0.05) is 0 Å². The van der Waals surface area contributed by atoms with E-state index in [9.17, 15) is 0 Å². The molecule has 0 aromatic rings. The van der Waals surface area contributed by atoms with Crippen LogP contribution in [0.3, 0.4) is 0 Å². The van der Waals surface area contributed by atoms with Crippen LogP contribution in [-0.2, 0) is 72.8 Å². The summed E-state index contributed by atoms with van der Waals surface area (Å²) in [6.45, 7) is 0. The molecule has 0 saturated carbocycles. The van der Waals surface area contributed by atoms with Crippen LogP contribution in [0.1, 0.15) is 0 Å². The molecule has 0 heterocycles. The van der Waals surface area contributed by atoms with Crippen molar-refractivity contribution >= 4 is 457 Å². The molecule has 0 amide bonds. The molecule has 48 heteroatoms. The first-order valence-electron chi connectivity index (χ1n) is 4.89. The minimum absolute atomic E-state index is 0. The predicted octanol–water partition coefficient (Wildman–Crippen LogP) is -13.0. The van der Waals surface area contributed by atoms with Crippen molar-refractivity contribution in [3.05, 3.63) is 0 Å². The van der Waals surface area contributed by atoms with Crippen molar-refractivity contribution < 1.29 is 123 Å². The van der Waals surface area contributed by atoms with Gasteiger partial charge >= 0.3 is 457 Å². The Bertz CT molecular complexity index is 943. The van der Waals surface area contributed by atoms with Crippen molar-refractivity contribution in [1.82, 2.24) is 0 Å². The summed E-state index contributed by atoms with van der Waals surface area (Å²) in [6.07, 6.45) is 0. The molecule has 0 saturated heterocycles. The molecule has 14 N–H and O–H groups in total. The zero-order chi connectivity index (χ0) is 31.5. The fourth-order valence-corrected chi connectivity index (χ4v) is 0. The van der Waals surface area contributed by atoms with E-state index in [1.165, 1.54) is 0 Å². The van der Waals surface area contributed by atoms with Crippen LogP contribution in [0.15, 0.2) is 0 Å². The molecule has 0 aliphatic heterocycles. The SMILES string of the molecule is O=S(=O)(O)O.O=S(=O)(O)O.O=S(=O)(O)O.O=S(=O)(O)O.O=S(=O)(O)O.O=S(=O)(O)O.O=S(=O)(O)O.[NaH].[NaH].[NaH].[NaH].[NaH].[NaH].[NaH].[NaH].[NaH].[NaH].[NaH].[NaH].[NaH]. The maximum absolute atomic E-state index is 8.74. The Kier molecular flexibility index (Phi) is 185. The zero-order valence-corrected chi connectivity index (χ0v) is 20.5. The molecular formula is H27Na13O28S7. The molecule has 0 bridgehead atoms. The second-order valence-electron chi connectivity index (χ2n) is 3.13. The predicted molar refractivity (Wildman–Crippen MR) is 192 cm³/mol. The van der Waals surface area contributed by atoms with Gasteiger partial charge in [0.1, 0.15) is 0 Å². The van der Waals surface area contributed by atoms with Gasteiger partial charge in [-0.2, -0.15) is 58.9 Å². The topological polar surface area (TPSA) is 522 Å². The van der Waals surface area contributed by atoms with E-state index < -0.39 is 72.8 Å². The third kappa shape index (κ3) is 1300. The molecule has 0 radical (unpaired) electrons. The van der Waals surface area contributed by atoms with Crippen molar-refractivity contribution in [3.63, 3.8) is 0 Å². The molecule has 0 atom stereocenters. The first-order valence-corrected chi connectivity index (χ1v) is 14.7. The first kappa shape index (κ1) is 131. The normalized spacial score (nSPS) is 8.46. The van der Waals surface area contributed by atoms with Gasteiger partial charge in [0.15, 0.2) is 0 Å². The summed E-state index contributed by atoms with van der Waals surface area (Å²) in [7, 11) is -32.7. The molecule has 0 fully saturated rings. The van der Waals surface area contributed by atoms with Gasteiger partial charge in [-0.15, -0.1) is 0 Å². The molecule has 0 aliphatic carbocycles. The van der Waals surface area contributed by atoms with E-state index in [-0.39, 0.29) is 384 Å². The first-order chi connectivity index (χ1) is 14.0. The van der Waals surface area contributed by atoms with Crippen molar-refractivity contribution in [3.8, 4) is 0 Å². The third-order valence-corrected chi connectivity index (χ3v) is 0. The molecule has 0 aliphatic rings. The molecule has 0 spiro atoms. The van der Waals surface area contributed by atoms with Gasteiger partial charge in [-0.25, -0.2) is 0 Å². The van der Waals surface area contributed by atoms with E-state index in [1.807, 2.05) is 0 Å². The maximum atomic E-state index is 8.74. The molecule has 250 valence electrons. The standard InChI is InChI=1S/13Na.7H2O4S.13H/c;;;;;;;;;;;;;7*1-5(2,3)4;;;;;;;;;;;;;/h;;;;;;;;;;;;;7*(H2,1,2,3,4);;;;;;;;;;;;;. The van der Waals surface area contributed by atoms with Crippen LogP contribution in [0.4, 0.5) is 0 Å². The van der Waals surface area contributed by atoms with Crippen LogP contribution >= 0.6 is 0 Å². The van der Waals surface area contributed by atoms with Gasteiger partial charge in [-0.05, 0) is 0 Å². The summed E-state index contributed by atoms with van der Waals surface area (Å²) in [6, 6.07) is 0. The zero-order valence-electron chi connectivity index (χ0n) is 14.8. The quantitative estimate of drug-likeness (QED) is 0.0791. The summed E-state index contributed by atoms with van der Waals surface area (Å²) in [5, 5.41) is 0. The number of hydrogen-bond acceptors (Lipinski definition) is 14. The van der Waals surface area contributed by atoms with Crippen LogP contribution in [0.25, 0.3) is 0 Å². The summed E-state index contributed by atoms with van der Waals surface area (Å²) < 4.78 is 221. The van der Waals surface area contributed by atoms with Crippen LogP contribution in [0.5, 0.6) is 0 Å². The van der Waals surface area contributed by atoms with Gasteiger partial charge in [0.25, 0.3) is 0 Å². The summed E-state index contributed by atoms with van der Waals surface area (Å²) in [5.41, 5.74) is 0. The van der Waals surface area contributed by atoms with Crippen molar-refractivity contribution in [2.45, 2.75) is 0 Å². The average molecular weight is 999 g/mol. The Labute approximate surface area is 564 Å². The van der Waals surface area contributed by atoms with E-state index >= 15 is 0 Å². The molecule has 28 nitrogen and oxygen atoms in total. The van der Waals surface area contributed by atoms with E-state index in [2.05, 4.69) is 0 Å². The number of hydrogen-bond donors (Lipinski definition) is 14.